The molecular weight excluding hydrogens is 154 g/mol. The van der Waals surface area contributed by atoms with Crippen molar-refractivity contribution in [2.75, 3.05) is 33.7 Å². The van der Waals surface area contributed by atoms with Crippen LogP contribution in [0.2, 0.25) is 0 Å². The van der Waals surface area contributed by atoms with Crippen LogP contribution in [0.1, 0.15) is 13.8 Å². The SMILES string of the molecule is CCNC(O)(CN(C)C)NCC. The maximum absolute atomic E-state index is 9.92. The molecule has 0 amide bonds. The third-order valence-electron chi connectivity index (χ3n) is 1.48. The van der Waals surface area contributed by atoms with E-state index in [1.165, 1.54) is 0 Å². The van der Waals surface area contributed by atoms with Gasteiger partial charge in [-0.15, -0.1) is 0 Å². The van der Waals surface area contributed by atoms with Crippen LogP contribution in [-0.2, 0) is 0 Å². The van der Waals surface area contributed by atoms with Crippen LogP contribution >= 0.6 is 0 Å². The van der Waals surface area contributed by atoms with E-state index in [-0.39, 0.29) is 0 Å². The van der Waals surface area contributed by atoms with Crippen LogP contribution in [-0.4, -0.2) is 49.6 Å². The van der Waals surface area contributed by atoms with E-state index in [1.54, 1.807) is 0 Å². The third kappa shape index (κ3) is 4.66. The van der Waals surface area contributed by atoms with Crippen LogP contribution in [0.5, 0.6) is 0 Å². The zero-order valence-corrected chi connectivity index (χ0v) is 8.52. The molecule has 0 aliphatic carbocycles. The molecular formula is C8H21N3O. The quantitative estimate of drug-likeness (QED) is 0.472. The maximum Gasteiger partial charge on any atom is 0.185 e. The average Bonchev–Trinajstić information content (AvgIpc) is 1.85. The predicted octanol–water partition coefficient (Wildman–Crippen LogP) is -0.587. The smallest absolute Gasteiger partial charge is 0.185 e. The summed E-state index contributed by atoms with van der Waals surface area (Å²) in [7, 11) is 3.86. The number of nitrogens with one attached hydrogen (secondary N) is 2. The van der Waals surface area contributed by atoms with E-state index < -0.39 is 5.85 Å². The first-order valence-electron chi connectivity index (χ1n) is 4.41. The molecule has 12 heavy (non-hydrogen) atoms. The van der Waals surface area contributed by atoms with Crippen molar-refractivity contribution in [1.29, 1.82) is 0 Å². The fourth-order valence-corrected chi connectivity index (χ4v) is 1.22. The molecule has 0 atom stereocenters. The van der Waals surface area contributed by atoms with Crippen LogP contribution in [0.15, 0.2) is 0 Å². The monoisotopic (exact) mass is 175 g/mol. The van der Waals surface area contributed by atoms with Crippen molar-refractivity contribution >= 4 is 0 Å². The Labute approximate surface area is 74.9 Å². The van der Waals surface area contributed by atoms with Gasteiger partial charge in [0.2, 0.25) is 0 Å². The summed E-state index contributed by atoms with van der Waals surface area (Å²) in [4.78, 5) is 1.94. The first kappa shape index (κ1) is 11.8. The number of hydrogen-bond donors (Lipinski definition) is 3. The molecule has 0 aromatic carbocycles. The van der Waals surface area contributed by atoms with Gasteiger partial charge in [0.1, 0.15) is 0 Å². The van der Waals surface area contributed by atoms with Crippen molar-refractivity contribution in [2.24, 2.45) is 0 Å². The Morgan fingerprint density at radius 3 is 1.83 bits per heavy atom. The molecule has 0 aliphatic rings. The Hall–Kier alpha value is -0.160. The first-order valence-corrected chi connectivity index (χ1v) is 4.41. The molecule has 0 saturated carbocycles. The van der Waals surface area contributed by atoms with Gasteiger partial charge in [-0.25, -0.2) is 0 Å². The van der Waals surface area contributed by atoms with Crippen LogP contribution < -0.4 is 10.6 Å². The molecule has 74 valence electrons. The normalized spacial score (nSPS) is 12.5. The highest BCUT2D eigenvalue weighted by Crippen LogP contribution is 1.95. The highest BCUT2D eigenvalue weighted by atomic mass is 16.3. The Morgan fingerprint density at radius 2 is 1.58 bits per heavy atom. The lowest BCUT2D eigenvalue weighted by Gasteiger charge is -2.32. The summed E-state index contributed by atoms with van der Waals surface area (Å²) in [5.41, 5.74) is 0. The Bertz CT molecular complexity index is 111. The highest BCUT2D eigenvalue weighted by molar-refractivity contribution is 4.74. The lowest BCUT2D eigenvalue weighted by atomic mass is 10.3. The second-order valence-electron chi connectivity index (χ2n) is 3.16. The van der Waals surface area contributed by atoms with Gasteiger partial charge in [0.05, 0.1) is 6.54 Å². The van der Waals surface area contributed by atoms with Gasteiger partial charge in [0, 0.05) is 0 Å². The summed E-state index contributed by atoms with van der Waals surface area (Å²) in [6, 6.07) is 0. The Morgan fingerprint density at radius 1 is 1.17 bits per heavy atom. The largest absolute Gasteiger partial charge is 0.362 e. The van der Waals surface area contributed by atoms with Crippen molar-refractivity contribution in [3.63, 3.8) is 0 Å². The molecule has 0 heterocycles. The van der Waals surface area contributed by atoms with Gasteiger partial charge in [0.15, 0.2) is 5.85 Å². The van der Waals surface area contributed by atoms with E-state index in [4.69, 9.17) is 0 Å². The minimum Gasteiger partial charge on any atom is -0.362 e. The Kier molecular flexibility index (Phi) is 5.41. The van der Waals surface area contributed by atoms with Crippen molar-refractivity contribution in [2.45, 2.75) is 19.7 Å². The minimum absolute atomic E-state index is 0.564. The summed E-state index contributed by atoms with van der Waals surface area (Å²) in [6.07, 6.45) is 0. The molecule has 0 aromatic rings. The zero-order chi connectivity index (χ0) is 9.61. The molecule has 0 radical (unpaired) electrons. The minimum atomic E-state index is -0.951. The molecule has 0 bridgehead atoms. The molecule has 0 saturated heterocycles. The summed E-state index contributed by atoms with van der Waals surface area (Å²) in [6.45, 7) is 6.00. The van der Waals surface area contributed by atoms with Crippen LogP contribution in [0, 0.1) is 0 Å². The molecule has 0 unspecified atom stereocenters. The third-order valence-corrected chi connectivity index (χ3v) is 1.48. The average molecular weight is 175 g/mol. The predicted molar refractivity (Wildman–Crippen MR) is 50.9 cm³/mol. The molecule has 0 aliphatic heterocycles. The van der Waals surface area contributed by atoms with Crippen molar-refractivity contribution in [3.05, 3.63) is 0 Å². The summed E-state index contributed by atoms with van der Waals surface area (Å²) >= 11 is 0. The van der Waals surface area contributed by atoms with Crippen molar-refractivity contribution in [3.8, 4) is 0 Å². The molecule has 4 nitrogen and oxygen atoms in total. The van der Waals surface area contributed by atoms with E-state index in [2.05, 4.69) is 10.6 Å². The van der Waals surface area contributed by atoms with E-state index >= 15 is 0 Å². The fourth-order valence-electron chi connectivity index (χ4n) is 1.22. The van der Waals surface area contributed by atoms with Crippen LogP contribution in [0.4, 0.5) is 0 Å². The lowest BCUT2D eigenvalue weighted by molar-refractivity contribution is -0.0434. The topological polar surface area (TPSA) is 47.5 Å². The van der Waals surface area contributed by atoms with Crippen molar-refractivity contribution < 1.29 is 5.11 Å². The second-order valence-corrected chi connectivity index (χ2v) is 3.16. The fraction of sp³-hybridized carbons (Fsp3) is 1.00. The van der Waals surface area contributed by atoms with Crippen LogP contribution in [0.3, 0.4) is 0 Å². The maximum atomic E-state index is 9.92. The number of likely N-dealkylation sites (N-methyl/N-ethyl adjacent to an activating group) is 3. The Balaban J connectivity index is 3.98. The van der Waals surface area contributed by atoms with Crippen molar-refractivity contribution in [1.82, 2.24) is 15.5 Å². The zero-order valence-electron chi connectivity index (χ0n) is 8.52. The van der Waals surface area contributed by atoms with Gasteiger partial charge in [-0.3, -0.25) is 10.6 Å². The number of rotatable bonds is 6. The number of nitrogens with zero attached hydrogens (tertiary/aromatic N) is 1. The number of aliphatic hydroxyl groups is 1. The van der Waals surface area contributed by atoms with Crippen LogP contribution in [0.25, 0.3) is 0 Å². The molecule has 0 spiro atoms. The lowest BCUT2D eigenvalue weighted by Crippen LogP contribution is -2.62. The molecule has 0 aromatic heterocycles. The number of hydrogen-bond acceptors (Lipinski definition) is 4. The summed E-state index contributed by atoms with van der Waals surface area (Å²) < 4.78 is 0. The van der Waals surface area contributed by atoms with Gasteiger partial charge >= 0.3 is 0 Å². The summed E-state index contributed by atoms with van der Waals surface area (Å²) in [5, 5.41) is 15.9. The molecule has 4 heteroatoms. The van der Waals surface area contributed by atoms with E-state index in [0.29, 0.717) is 6.54 Å². The first-order chi connectivity index (χ1) is 5.54. The summed E-state index contributed by atoms with van der Waals surface area (Å²) in [5.74, 6) is -0.951. The van der Waals surface area contributed by atoms with Gasteiger partial charge < -0.3 is 10.0 Å². The standard InChI is InChI=1S/C8H21N3O/c1-5-9-8(12,10-6-2)7-11(3)4/h9-10,12H,5-7H2,1-4H3. The van der Waals surface area contributed by atoms with Gasteiger partial charge in [-0.2, -0.15) is 0 Å². The van der Waals surface area contributed by atoms with E-state index in [0.717, 1.165) is 13.1 Å². The van der Waals surface area contributed by atoms with Gasteiger partial charge in [-0.05, 0) is 27.2 Å². The molecule has 3 N–H and O–H groups in total. The van der Waals surface area contributed by atoms with E-state index in [9.17, 15) is 5.11 Å². The second kappa shape index (κ2) is 5.48. The van der Waals surface area contributed by atoms with E-state index in [1.807, 2.05) is 32.8 Å². The highest BCUT2D eigenvalue weighted by Gasteiger charge is 2.24. The van der Waals surface area contributed by atoms with Gasteiger partial charge in [-0.1, -0.05) is 13.8 Å². The van der Waals surface area contributed by atoms with Gasteiger partial charge in [0.25, 0.3) is 0 Å². The molecule has 0 fully saturated rings. The molecule has 0 rings (SSSR count).